The second kappa shape index (κ2) is 9.67. The lowest BCUT2D eigenvalue weighted by molar-refractivity contribution is -0.118. The molecule has 0 fully saturated rings. The lowest BCUT2D eigenvalue weighted by Gasteiger charge is -2.12. The molecular formula is C23H14Br2Cl2N2O3. The average Bonchev–Trinajstić information content (AvgIpc) is 3.05. The van der Waals surface area contributed by atoms with Gasteiger partial charge in [0.2, 0.25) is 0 Å². The maximum absolute atomic E-state index is 12.4. The van der Waals surface area contributed by atoms with Crippen LogP contribution in [0.2, 0.25) is 10.0 Å². The van der Waals surface area contributed by atoms with Crippen LogP contribution in [-0.2, 0) is 9.59 Å². The van der Waals surface area contributed by atoms with Crippen molar-refractivity contribution in [3.05, 3.63) is 84.7 Å². The summed E-state index contributed by atoms with van der Waals surface area (Å²) in [6.45, 7) is -0.215. The minimum Gasteiger partial charge on any atom is -0.481 e. The van der Waals surface area contributed by atoms with Gasteiger partial charge in [0.05, 0.1) is 19.0 Å². The first kappa shape index (κ1) is 22.9. The van der Waals surface area contributed by atoms with Gasteiger partial charge in [0.1, 0.15) is 5.75 Å². The van der Waals surface area contributed by atoms with Crippen molar-refractivity contribution in [3.8, 4) is 5.75 Å². The molecule has 5 nitrogen and oxygen atoms in total. The molecule has 0 aromatic heterocycles. The van der Waals surface area contributed by atoms with Crippen LogP contribution in [0.3, 0.4) is 0 Å². The number of carbonyl (C=O) groups is 2. The van der Waals surface area contributed by atoms with Crippen molar-refractivity contribution in [2.75, 3.05) is 17.2 Å². The van der Waals surface area contributed by atoms with Crippen LogP contribution < -0.4 is 15.4 Å². The quantitative estimate of drug-likeness (QED) is 0.311. The number of rotatable bonds is 5. The van der Waals surface area contributed by atoms with Gasteiger partial charge < -0.3 is 15.4 Å². The standard InChI is InChI=1S/C23H14Br2Cl2N2O3/c24-16-8-12(7-15-14-3-1-2-4-20(14)29-23(15)31)9-17(25)22(16)32-11-21(30)28-13-5-6-18(26)19(27)10-13/h1-10H,11H2,(H,28,30)(H,29,31)/b15-7-. The Morgan fingerprint density at radius 1 is 1.03 bits per heavy atom. The van der Waals surface area contributed by atoms with E-state index in [4.69, 9.17) is 27.9 Å². The third-order valence-electron chi connectivity index (χ3n) is 4.59. The van der Waals surface area contributed by atoms with Gasteiger partial charge in [-0.3, -0.25) is 9.59 Å². The van der Waals surface area contributed by atoms with Gasteiger partial charge in [-0.25, -0.2) is 0 Å². The van der Waals surface area contributed by atoms with Gasteiger partial charge in [-0.15, -0.1) is 0 Å². The summed E-state index contributed by atoms with van der Waals surface area (Å²) in [6, 6.07) is 16.0. The molecule has 9 heteroatoms. The number of benzene rings is 3. The van der Waals surface area contributed by atoms with E-state index in [2.05, 4.69) is 42.5 Å². The van der Waals surface area contributed by atoms with Gasteiger partial charge in [0.15, 0.2) is 6.61 Å². The fraction of sp³-hybridized carbons (Fsp3) is 0.0435. The second-order valence-electron chi connectivity index (χ2n) is 6.84. The predicted molar refractivity (Wildman–Crippen MR) is 135 cm³/mol. The molecule has 2 amide bonds. The Morgan fingerprint density at radius 2 is 1.75 bits per heavy atom. The zero-order chi connectivity index (χ0) is 22.8. The Labute approximate surface area is 211 Å². The number of para-hydroxylation sites is 1. The topological polar surface area (TPSA) is 67.4 Å². The normalized spacial score (nSPS) is 13.6. The molecule has 2 N–H and O–H groups in total. The molecule has 0 radical (unpaired) electrons. The largest absolute Gasteiger partial charge is 0.481 e. The summed E-state index contributed by atoms with van der Waals surface area (Å²) >= 11 is 18.8. The number of carbonyl (C=O) groups excluding carboxylic acids is 2. The summed E-state index contributed by atoms with van der Waals surface area (Å²) in [6.07, 6.45) is 1.80. The molecule has 0 aliphatic carbocycles. The Morgan fingerprint density at radius 3 is 2.47 bits per heavy atom. The number of halogens is 4. The van der Waals surface area contributed by atoms with Gasteiger partial charge in [-0.05, 0) is 79.9 Å². The van der Waals surface area contributed by atoms with Crippen LogP contribution in [0.5, 0.6) is 5.75 Å². The summed E-state index contributed by atoms with van der Waals surface area (Å²) in [4.78, 5) is 24.6. The fourth-order valence-corrected chi connectivity index (χ4v) is 4.91. The molecular weight excluding hydrogens is 583 g/mol. The van der Waals surface area contributed by atoms with Crippen molar-refractivity contribution >= 4 is 89.9 Å². The van der Waals surface area contributed by atoms with Crippen molar-refractivity contribution in [2.24, 2.45) is 0 Å². The van der Waals surface area contributed by atoms with Crippen LogP contribution >= 0.6 is 55.1 Å². The molecule has 1 heterocycles. The zero-order valence-electron chi connectivity index (χ0n) is 16.2. The maximum Gasteiger partial charge on any atom is 0.262 e. The summed E-state index contributed by atoms with van der Waals surface area (Å²) in [5, 5.41) is 6.31. The van der Waals surface area contributed by atoms with Crippen LogP contribution in [0.4, 0.5) is 11.4 Å². The summed E-state index contributed by atoms with van der Waals surface area (Å²) in [5.41, 5.74) is 3.52. The smallest absolute Gasteiger partial charge is 0.262 e. The molecule has 1 aliphatic heterocycles. The lowest BCUT2D eigenvalue weighted by atomic mass is 10.0. The van der Waals surface area contributed by atoms with Crippen molar-refractivity contribution in [2.45, 2.75) is 0 Å². The predicted octanol–water partition coefficient (Wildman–Crippen LogP) is 7.03. The number of hydrogen-bond acceptors (Lipinski definition) is 3. The van der Waals surface area contributed by atoms with E-state index in [1.165, 1.54) is 0 Å². The van der Waals surface area contributed by atoms with Crippen LogP contribution in [0.25, 0.3) is 11.6 Å². The third-order valence-corrected chi connectivity index (χ3v) is 6.51. The third kappa shape index (κ3) is 5.02. The van der Waals surface area contributed by atoms with Gasteiger partial charge in [-0.1, -0.05) is 41.4 Å². The van der Waals surface area contributed by atoms with Crippen LogP contribution in [0.1, 0.15) is 11.1 Å². The van der Waals surface area contributed by atoms with E-state index in [0.717, 1.165) is 16.8 Å². The monoisotopic (exact) mass is 594 g/mol. The minimum absolute atomic E-state index is 0.155. The number of amides is 2. The van der Waals surface area contributed by atoms with Crippen molar-refractivity contribution in [1.29, 1.82) is 0 Å². The Kier molecular flexibility index (Phi) is 6.90. The number of hydrogen-bond donors (Lipinski definition) is 2. The zero-order valence-corrected chi connectivity index (χ0v) is 20.9. The molecule has 0 unspecified atom stereocenters. The molecule has 0 saturated heterocycles. The van der Waals surface area contributed by atoms with Crippen LogP contribution in [0, 0.1) is 0 Å². The van der Waals surface area contributed by atoms with E-state index in [1.807, 2.05) is 36.4 Å². The van der Waals surface area contributed by atoms with Crippen molar-refractivity contribution in [3.63, 3.8) is 0 Å². The number of nitrogens with one attached hydrogen (secondary N) is 2. The van der Waals surface area contributed by atoms with Crippen molar-refractivity contribution in [1.82, 2.24) is 0 Å². The van der Waals surface area contributed by atoms with Gasteiger partial charge in [0.25, 0.3) is 11.8 Å². The molecule has 0 atom stereocenters. The summed E-state index contributed by atoms with van der Waals surface area (Å²) < 4.78 is 6.96. The molecule has 4 rings (SSSR count). The first-order chi connectivity index (χ1) is 15.3. The SMILES string of the molecule is O=C(COc1c(Br)cc(/C=C2\C(=O)Nc3ccccc32)cc1Br)Nc1ccc(Cl)c(Cl)c1. The van der Waals surface area contributed by atoms with Gasteiger partial charge in [0, 0.05) is 22.5 Å². The maximum atomic E-state index is 12.4. The first-order valence-electron chi connectivity index (χ1n) is 9.31. The molecule has 0 saturated carbocycles. The molecule has 32 heavy (non-hydrogen) atoms. The Hall–Kier alpha value is -2.32. The molecule has 162 valence electrons. The Bertz CT molecular complexity index is 1250. The van der Waals surface area contributed by atoms with Crippen LogP contribution in [-0.4, -0.2) is 18.4 Å². The Balaban J connectivity index is 1.48. The first-order valence-corrected chi connectivity index (χ1v) is 11.6. The molecule has 3 aromatic carbocycles. The summed E-state index contributed by atoms with van der Waals surface area (Å²) in [5.74, 6) is -0.0434. The average molecular weight is 597 g/mol. The number of ether oxygens (including phenoxy) is 1. The van der Waals surface area contributed by atoms with E-state index < -0.39 is 0 Å². The number of fused-ring (bicyclic) bond motifs is 1. The van der Waals surface area contributed by atoms with Crippen LogP contribution in [0.15, 0.2) is 63.5 Å². The summed E-state index contributed by atoms with van der Waals surface area (Å²) in [7, 11) is 0. The highest BCUT2D eigenvalue weighted by Crippen LogP contribution is 2.38. The fourth-order valence-electron chi connectivity index (χ4n) is 3.16. The molecule has 0 spiro atoms. The van der Waals surface area contributed by atoms with E-state index >= 15 is 0 Å². The van der Waals surface area contributed by atoms with E-state index in [1.54, 1.807) is 24.3 Å². The van der Waals surface area contributed by atoms with E-state index in [0.29, 0.717) is 36.0 Å². The highest BCUT2D eigenvalue weighted by atomic mass is 79.9. The highest BCUT2D eigenvalue weighted by molar-refractivity contribution is 9.11. The minimum atomic E-state index is -0.354. The van der Waals surface area contributed by atoms with E-state index in [9.17, 15) is 9.59 Å². The molecule has 0 bridgehead atoms. The molecule has 1 aliphatic rings. The molecule has 3 aromatic rings. The van der Waals surface area contributed by atoms with Gasteiger partial charge in [-0.2, -0.15) is 0 Å². The van der Waals surface area contributed by atoms with Gasteiger partial charge >= 0.3 is 0 Å². The van der Waals surface area contributed by atoms with E-state index in [-0.39, 0.29) is 18.4 Å². The second-order valence-corrected chi connectivity index (χ2v) is 9.36. The number of anilines is 2. The lowest BCUT2D eigenvalue weighted by Crippen LogP contribution is -2.20. The highest BCUT2D eigenvalue weighted by Gasteiger charge is 2.23. The van der Waals surface area contributed by atoms with Crippen molar-refractivity contribution < 1.29 is 14.3 Å².